The zero-order chi connectivity index (χ0) is 14.0. The molecule has 2 rings (SSSR count). The molecule has 0 N–H and O–H groups in total. The van der Waals surface area contributed by atoms with E-state index in [9.17, 15) is 9.59 Å². The summed E-state index contributed by atoms with van der Waals surface area (Å²) in [6.45, 7) is 2.06. The van der Waals surface area contributed by atoms with Gasteiger partial charge in [-0.25, -0.2) is 9.78 Å². The molecule has 6 nitrogen and oxygen atoms in total. The topological polar surface area (TPSA) is 61.8 Å². The van der Waals surface area contributed by atoms with E-state index in [2.05, 4.69) is 23.9 Å². The molecule has 0 amide bonds. The lowest BCUT2D eigenvalue weighted by Crippen LogP contribution is -2.37. The number of hydrogen-bond donors (Lipinski definition) is 0. The summed E-state index contributed by atoms with van der Waals surface area (Å²) in [5, 5.41) is 0. The summed E-state index contributed by atoms with van der Waals surface area (Å²) in [5.41, 5.74) is -0.113. The number of nitrogens with zero attached hydrogens (tertiary/aromatic N) is 4. The standard InChI is InChI=1S/C13H16N4O2/c1-4-5-6-7-8-17-12(18)10-11(14-9-15(10)2)16(3)13(17)19/h9H,4-6H2,1-3H3. The molecule has 100 valence electrons. The van der Waals surface area contributed by atoms with Gasteiger partial charge in [0.2, 0.25) is 0 Å². The van der Waals surface area contributed by atoms with Crippen LogP contribution in [-0.2, 0) is 14.1 Å². The van der Waals surface area contributed by atoms with E-state index in [0.29, 0.717) is 17.6 Å². The van der Waals surface area contributed by atoms with Crippen LogP contribution >= 0.6 is 0 Å². The molecular weight excluding hydrogens is 244 g/mol. The summed E-state index contributed by atoms with van der Waals surface area (Å²) in [7, 11) is 3.30. The van der Waals surface area contributed by atoms with E-state index in [0.717, 1.165) is 17.4 Å². The first kappa shape index (κ1) is 13.1. The molecule has 0 radical (unpaired) electrons. The summed E-state index contributed by atoms with van der Waals surface area (Å²) in [6, 6.07) is 2.65. The zero-order valence-corrected chi connectivity index (χ0v) is 11.3. The molecule has 0 aliphatic rings. The molecule has 0 aromatic carbocycles. The molecule has 6 heteroatoms. The van der Waals surface area contributed by atoms with Gasteiger partial charge in [-0.1, -0.05) is 19.3 Å². The third-order valence-corrected chi connectivity index (χ3v) is 2.97. The van der Waals surface area contributed by atoms with Crippen LogP contribution in [0.4, 0.5) is 0 Å². The first-order valence-corrected chi connectivity index (χ1v) is 6.19. The number of aryl methyl sites for hydroxylation is 2. The average molecular weight is 260 g/mol. The van der Waals surface area contributed by atoms with Gasteiger partial charge in [0, 0.05) is 26.6 Å². The molecule has 2 aromatic heterocycles. The maximum absolute atomic E-state index is 12.2. The quantitative estimate of drug-likeness (QED) is 0.581. The summed E-state index contributed by atoms with van der Waals surface area (Å²) >= 11 is 0. The number of fused-ring (bicyclic) bond motifs is 1. The van der Waals surface area contributed by atoms with Crippen LogP contribution in [0.15, 0.2) is 15.9 Å². The Kier molecular flexibility index (Phi) is 3.56. The molecule has 0 atom stereocenters. The third kappa shape index (κ3) is 2.19. The molecule has 0 aliphatic carbocycles. The third-order valence-electron chi connectivity index (χ3n) is 2.97. The van der Waals surface area contributed by atoms with Crippen molar-refractivity contribution in [3.63, 3.8) is 0 Å². The second kappa shape index (κ2) is 5.14. The van der Waals surface area contributed by atoms with E-state index >= 15 is 0 Å². The Hall–Kier alpha value is -2.29. The Balaban J connectivity index is 2.67. The molecule has 19 heavy (non-hydrogen) atoms. The SMILES string of the molecule is CCCCC#Cn1c(=O)c2c(ncn2C)n(C)c1=O. The highest BCUT2D eigenvalue weighted by molar-refractivity contribution is 5.70. The summed E-state index contributed by atoms with van der Waals surface area (Å²) in [6.07, 6.45) is 4.17. The van der Waals surface area contributed by atoms with Crippen LogP contribution in [0.25, 0.3) is 11.2 Å². The average Bonchev–Trinajstić information content (AvgIpc) is 2.77. The summed E-state index contributed by atoms with van der Waals surface area (Å²) < 4.78 is 3.90. The number of rotatable bonds is 2. The molecule has 0 bridgehead atoms. The maximum atomic E-state index is 12.2. The Bertz CT molecular complexity index is 783. The highest BCUT2D eigenvalue weighted by atomic mass is 16.2. The lowest BCUT2D eigenvalue weighted by molar-refractivity contribution is 0.773. The van der Waals surface area contributed by atoms with Crippen LogP contribution in [0.3, 0.4) is 0 Å². The largest absolute Gasteiger partial charge is 0.344 e. The van der Waals surface area contributed by atoms with Gasteiger partial charge in [-0.15, -0.1) is 0 Å². The fraction of sp³-hybridized carbons (Fsp3) is 0.462. The van der Waals surface area contributed by atoms with Crippen molar-refractivity contribution in [1.82, 2.24) is 18.7 Å². The predicted molar refractivity (Wildman–Crippen MR) is 72.9 cm³/mol. The lowest BCUT2D eigenvalue weighted by Gasteiger charge is -2.02. The number of hydrogen-bond acceptors (Lipinski definition) is 3. The zero-order valence-electron chi connectivity index (χ0n) is 11.3. The van der Waals surface area contributed by atoms with Crippen LogP contribution < -0.4 is 11.2 Å². The Morgan fingerprint density at radius 2 is 2.05 bits per heavy atom. The van der Waals surface area contributed by atoms with Gasteiger partial charge in [0.25, 0.3) is 5.56 Å². The van der Waals surface area contributed by atoms with Gasteiger partial charge in [-0.2, -0.15) is 4.57 Å². The molecular formula is C13H16N4O2. The summed E-state index contributed by atoms with van der Waals surface area (Å²) in [4.78, 5) is 28.3. The molecule has 0 saturated heterocycles. The first-order chi connectivity index (χ1) is 9.07. The van der Waals surface area contributed by atoms with E-state index in [4.69, 9.17) is 0 Å². The number of unbranched alkanes of at least 4 members (excludes halogenated alkanes) is 2. The monoisotopic (exact) mass is 260 g/mol. The molecule has 0 aliphatic heterocycles. The minimum atomic E-state index is -0.458. The smallest absolute Gasteiger partial charge is 0.328 e. The van der Waals surface area contributed by atoms with Crippen molar-refractivity contribution in [2.75, 3.05) is 0 Å². The van der Waals surface area contributed by atoms with Gasteiger partial charge in [-0.05, 0) is 6.42 Å². The number of imidazole rings is 1. The van der Waals surface area contributed by atoms with E-state index in [1.807, 2.05) is 0 Å². The van der Waals surface area contributed by atoms with E-state index in [-0.39, 0.29) is 0 Å². The molecule has 0 spiro atoms. The number of aromatic nitrogens is 4. The van der Waals surface area contributed by atoms with Crippen LogP contribution in [0.2, 0.25) is 0 Å². The lowest BCUT2D eigenvalue weighted by atomic mass is 10.3. The molecule has 2 aromatic rings. The van der Waals surface area contributed by atoms with Crippen molar-refractivity contribution in [3.8, 4) is 12.0 Å². The van der Waals surface area contributed by atoms with Gasteiger partial charge in [0.05, 0.1) is 6.33 Å². The molecule has 0 saturated carbocycles. The minimum Gasteiger partial charge on any atom is -0.328 e. The van der Waals surface area contributed by atoms with Gasteiger partial charge in [0.1, 0.15) is 0 Å². The van der Waals surface area contributed by atoms with Crippen LogP contribution in [0.1, 0.15) is 26.2 Å². The Labute approximate surface area is 110 Å². The Morgan fingerprint density at radius 1 is 1.32 bits per heavy atom. The van der Waals surface area contributed by atoms with Gasteiger partial charge >= 0.3 is 5.69 Å². The van der Waals surface area contributed by atoms with E-state index < -0.39 is 11.2 Å². The molecule has 2 heterocycles. The van der Waals surface area contributed by atoms with Crippen molar-refractivity contribution in [3.05, 3.63) is 27.2 Å². The van der Waals surface area contributed by atoms with Crippen molar-refractivity contribution in [1.29, 1.82) is 0 Å². The summed E-state index contributed by atoms with van der Waals surface area (Å²) in [5.74, 6) is 2.86. The highest BCUT2D eigenvalue weighted by Gasteiger charge is 2.13. The highest BCUT2D eigenvalue weighted by Crippen LogP contribution is 2.02. The second-order valence-corrected chi connectivity index (χ2v) is 4.40. The normalized spacial score (nSPS) is 10.5. The fourth-order valence-electron chi connectivity index (χ4n) is 1.84. The molecule has 0 fully saturated rings. The van der Waals surface area contributed by atoms with Crippen LogP contribution in [-0.4, -0.2) is 18.7 Å². The maximum Gasteiger partial charge on any atom is 0.344 e. The van der Waals surface area contributed by atoms with Crippen LogP contribution in [0, 0.1) is 12.0 Å². The second-order valence-electron chi connectivity index (χ2n) is 4.40. The predicted octanol–water partition coefficient (Wildman–Crippen LogP) is 0.433. The Morgan fingerprint density at radius 3 is 2.74 bits per heavy atom. The van der Waals surface area contributed by atoms with Gasteiger partial charge < -0.3 is 4.57 Å². The van der Waals surface area contributed by atoms with Crippen molar-refractivity contribution in [2.24, 2.45) is 14.1 Å². The van der Waals surface area contributed by atoms with Crippen molar-refractivity contribution in [2.45, 2.75) is 26.2 Å². The van der Waals surface area contributed by atoms with Crippen molar-refractivity contribution < 1.29 is 0 Å². The van der Waals surface area contributed by atoms with Crippen molar-refractivity contribution >= 4 is 11.2 Å². The first-order valence-electron chi connectivity index (χ1n) is 6.19. The minimum absolute atomic E-state index is 0.379. The van der Waals surface area contributed by atoms with Gasteiger partial charge in [0.15, 0.2) is 11.2 Å². The van der Waals surface area contributed by atoms with E-state index in [1.54, 1.807) is 18.7 Å². The fourth-order valence-corrected chi connectivity index (χ4v) is 1.84. The van der Waals surface area contributed by atoms with Crippen LogP contribution in [0.5, 0.6) is 0 Å². The van der Waals surface area contributed by atoms with E-state index in [1.165, 1.54) is 10.9 Å². The van der Waals surface area contributed by atoms with Gasteiger partial charge in [-0.3, -0.25) is 9.36 Å². The molecule has 0 unspecified atom stereocenters.